The van der Waals surface area contributed by atoms with Gasteiger partial charge in [0.05, 0.1) is 22.3 Å². The minimum atomic E-state index is -0.200. The molecule has 1 aromatic carbocycles. The molecule has 0 saturated carbocycles. The maximum atomic E-state index is 9.69. The Balaban J connectivity index is 1.61. The molecule has 6 heteroatoms. The van der Waals surface area contributed by atoms with Gasteiger partial charge >= 0.3 is 0 Å². The minimum absolute atomic E-state index is 0.200. The number of benzene rings is 1. The highest BCUT2D eigenvalue weighted by molar-refractivity contribution is 9.10. The number of hydrogen-bond acceptors (Lipinski definition) is 4. The van der Waals surface area contributed by atoms with E-state index in [1.54, 1.807) is 0 Å². The molecule has 0 bridgehead atoms. The Kier molecular flexibility index (Phi) is 5.23. The molecule has 1 atom stereocenters. The average Bonchev–Trinajstić information content (AvgIpc) is 3.04. The highest BCUT2D eigenvalue weighted by atomic mass is 79.9. The van der Waals surface area contributed by atoms with Crippen LogP contribution in [0.3, 0.4) is 0 Å². The van der Waals surface area contributed by atoms with Gasteiger partial charge < -0.3 is 5.11 Å². The first kappa shape index (κ1) is 17.9. The second-order valence-electron chi connectivity index (χ2n) is 6.74. The van der Waals surface area contributed by atoms with Crippen molar-refractivity contribution in [3.8, 4) is 0 Å². The van der Waals surface area contributed by atoms with Crippen molar-refractivity contribution in [1.82, 2.24) is 14.9 Å². The summed E-state index contributed by atoms with van der Waals surface area (Å²) in [6.45, 7) is 2.48. The molecule has 0 spiro atoms. The number of aliphatic hydroxyl groups excluding tert-OH is 1. The van der Waals surface area contributed by atoms with Gasteiger partial charge in [0.2, 0.25) is 0 Å². The van der Waals surface area contributed by atoms with E-state index in [1.165, 1.54) is 0 Å². The summed E-state index contributed by atoms with van der Waals surface area (Å²) in [5, 5.41) is 11.5. The van der Waals surface area contributed by atoms with E-state index >= 15 is 0 Å². The Morgan fingerprint density at radius 1 is 1.27 bits per heavy atom. The number of aliphatic hydroxyl groups is 1. The van der Waals surface area contributed by atoms with Crippen LogP contribution in [0.1, 0.15) is 23.2 Å². The molecule has 4 nitrogen and oxygen atoms in total. The molecule has 1 fully saturated rings. The van der Waals surface area contributed by atoms with Crippen LogP contribution < -0.4 is 0 Å². The maximum absolute atomic E-state index is 9.69. The second kappa shape index (κ2) is 7.61. The van der Waals surface area contributed by atoms with E-state index in [2.05, 4.69) is 36.9 Å². The van der Waals surface area contributed by atoms with Crippen molar-refractivity contribution in [3.05, 3.63) is 69.0 Å². The molecule has 3 aromatic rings. The van der Waals surface area contributed by atoms with Gasteiger partial charge in [-0.15, -0.1) is 0 Å². The smallest absolute Gasteiger partial charge is 0.0920 e. The third-order valence-corrected chi connectivity index (χ3v) is 6.11. The zero-order valence-electron chi connectivity index (χ0n) is 14.2. The van der Waals surface area contributed by atoms with Gasteiger partial charge in [-0.3, -0.25) is 14.9 Å². The maximum Gasteiger partial charge on any atom is 0.0920 e. The van der Waals surface area contributed by atoms with Crippen LogP contribution in [0.15, 0.2) is 47.2 Å². The first-order valence-corrected chi connectivity index (χ1v) is 9.83. The molecule has 134 valence electrons. The lowest BCUT2D eigenvalue weighted by Gasteiger charge is -2.15. The lowest BCUT2D eigenvalue weighted by Crippen LogP contribution is -2.21. The zero-order valence-corrected chi connectivity index (χ0v) is 16.5. The molecule has 1 saturated heterocycles. The molecule has 1 aliphatic heterocycles. The van der Waals surface area contributed by atoms with Gasteiger partial charge in [0.15, 0.2) is 0 Å². The van der Waals surface area contributed by atoms with Gasteiger partial charge in [-0.2, -0.15) is 0 Å². The van der Waals surface area contributed by atoms with E-state index < -0.39 is 0 Å². The fourth-order valence-corrected chi connectivity index (χ4v) is 4.06. The molecule has 1 N–H and O–H groups in total. The van der Waals surface area contributed by atoms with Crippen LogP contribution in [0.25, 0.3) is 10.9 Å². The number of pyridine rings is 2. The summed E-state index contributed by atoms with van der Waals surface area (Å²) in [6.07, 6.45) is 5.03. The van der Waals surface area contributed by atoms with Crippen LogP contribution in [0, 0.1) is 0 Å². The Hall–Kier alpha value is -1.53. The Bertz CT molecular complexity index is 949. The largest absolute Gasteiger partial charge is 0.392 e. The number of hydrogen-bond donors (Lipinski definition) is 1. The highest BCUT2D eigenvalue weighted by Gasteiger charge is 2.20. The van der Waals surface area contributed by atoms with E-state index in [0.717, 1.165) is 63.3 Å². The van der Waals surface area contributed by atoms with Crippen molar-refractivity contribution in [2.45, 2.75) is 25.5 Å². The first-order valence-electron chi connectivity index (χ1n) is 8.66. The molecule has 4 rings (SSSR count). The predicted octanol–water partition coefficient (Wildman–Crippen LogP) is 4.20. The predicted molar refractivity (Wildman–Crippen MR) is 107 cm³/mol. The molecule has 26 heavy (non-hydrogen) atoms. The first-order chi connectivity index (χ1) is 12.6. The lowest BCUT2D eigenvalue weighted by atomic mass is 10.1. The summed E-state index contributed by atoms with van der Waals surface area (Å²) in [6, 6.07) is 10.1. The Labute approximate surface area is 166 Å². The standard InChI is InChI=1S/C20H19BrClN3O/c21-17-3-1-2-14(19(17)22)9-18-20-15(4-6-23-18)8-13(10-24-20)11-25-7-5-16(26)12-25/h1-4,6,8,10,16,26H,5,7,9,11-12H2/t16-/m0/s1. The van der Waals surface area contributed by atoms with Gasteiger partial charge in [0, 0.05) is 48.3 Å². The van der Waals surface area contributed by atoms with Crippen molar-refractivity contribution in [2.24, 2.45) is 0 Å². The van der Waals surface area contributed by atoms with E-state index in [0.29, 0.717) is 6.42 Å². The summed E-state index contributed by atoms with van der Waals surface area (Å²) >= 11 is 9.88. The van der Waals surface area contributed by atoms with Crippen LogP contribution in [0.5, 0.6) is 0 Å². The van der Waals surface area contributed by atoms with Crippen LogP contribution in [0.2, 0.25) is 5.02 Å². The van der Waals surface area contributed by atoms with E-state index in [4.69, 9.17) is 11.6 Å². The van der Waals surface area contributed by atoms with E-state index in [-0.39, 0.29) is 6.10 Å². The van der Waals surface area contributed by atoms with Crippen LogP contribution >= 0.6 is 27.5 Å². The van der Waals surface area contributed by atoms with Crippen molar-refractivity contribution < 1.29 is 5.11 Å². The molecule has 2 aromatic heterocycles. The van der Waals surface area contributed by atoms with Gasteiger partial charge in [-0.05, 0) is 51.7 Å². The molecular formula is C20H19BrClN3O. The fourth-order valence-electron chi connectivity index (χ4n) is 3.46. The van der Waals surface area contributed by atoms with Crippen molar-refractivity contribution in [1.29, 1.82) is 0 Å². The van der Waals surface area contributed by atoms with Crippen molar-refractivity contribution in [3.63, 3.8) is 0 Å². The Morgan fingerprint density at radius 2 is 2.15 bits per heavy atom. The summed E-state index contributed by atoms with van der Waals surface area (Å²) in [4.78, 5) is 11.5. The molecule has 0 unspecified atom stereocenters. The molecule has 0 amide bonds. The SMILES string of the molecule is O[C@H]1CCN(Cc2cnc3c(Cc4cccc(Br)c4Cl)nccc3c2)C1. The Morgan fingerprint density at radius 3 is 2.96 bits per heavy atom. The van der Waals surface area contributed by atoms with E-state index in [9.17, 15) is 5.11 Å². The topological polar surface area (TPSA) is 49.2 Å². The number of aromatic nitrogens is 2. The van der Waals surface area contributed by atoms with Crippen molar-refractivity contribution >= 4 is 38.4 Å². The monoisotopic (exact) mass is 431 g/mol. The third-order valence-electron chi connectivity index (χ3n) is 4.77. The molecule has 3 heterocycles. The fraction of sp³-hybridized carbons (Fsp3) is 0.300. The number of likely N-dealkylation sites (tertiary alicyclic amines) is 1. The second-order valence-corrected chi connectivity index (χ2v) is 7.97. The third kappa shape index (κ3) is 3.76. The summed E-state index contributed by atoms with van der Waals surface area (Å²) < 4.78 is 0.889. The lowest BCUT2D eigenvalue weighted by molar-refractivity contribution is 0.175. The van der Waals surface area contributed by atoms with Crippen LogP contribution in [-0.2, 0) is 13.0 Å². The number of halogens is 2. The van der Waals surface area contributed by atoms with Crippen LogP contribution in [0.4, 0.5) is 0 Å². The van der Waals surface area contributed by atoms with Gasteiger partial charge in [0.25, 0.3) is 0 Å². The normalized spacial score (nSPS) is 17.9. The minimum Gasteiger partial charge on any atom is -0.392 e. The van der Waals surface area contributed by atoms with Gasteiger partial charge in [0.1, 0.15) is 0 Å². The molecular weight excluding hydrogens is 414 g/mol. The molecule has 0 aliphatic carbocycles. The summed E-state index contributed by atoms with van der Waals surface area (Å²) in [7, 11) is 0. The van der Waals surface area contributed by atoms with E-state index in [1.807, 2.05) is 36.7 Å². The zero-order chi connectivity index (χ0) is 18.1. The number of nitrogens with zero attached hydrogens (tertiary/aromatic N) is 3. The summed E-state index contributed by atoms with van der Waals surface area (Å²) in [5.74, 6) is 0. The molecule has 0 radical (unpaired) electrons. The van der Waals surface area contributed by atoms with Crippen LogP contribution in [-0.4, -0.2) is 39.2 Å². The average molecular weight is 433 g/mol. The quantitative estimate of drug-likeness (QED) is 0.671. The number of β-amino-alcohol motifs (C(OH)–C–C–N with tert-alkyl or cyclic N) is 1. The highest BCUT2D eigenvalue weighted by Crippen LogP contribution is 2.29. The molecule has 1 aliphatic rings. The number of fused-ring (bicyclic) bond motifs is 1. The van der Waals surface area contributed by atoms with Gasteiger partial charge in [-0.1, -0.05) is 23.7 Å². The van der Waals surface area contributed by atoms with Gasteiger partial charge in [-0.25, -0.2) is 0 Å². The number of rotatable bonds is 4. The summed E-state index contributed by atoms with van der Waals surface area (Å²) in [5.41, 5.74) is 4.02. The van der Waals surface area contributed by atoms with Crippen molar-refractivity contribution in [2.75, 3.05) is 13.1 Å².